The summed E-state index contributed by atoms with van der Waals surface area (Å²) < 4.78 is 0. The van der Waals surface area contributed by atoms with Crippen LogP contribution < -0.4 is 10.6 Å². The molecule has 1 atom stereocenters. The fourth-order valence-electron chi connectivity index (χ4n) is 4.39. The molecule has 0 radical (unpaired) electrons. The van der Waals surface area contributed by atoms with Crippen LogP contribution in [0.25, 0.3) is 0 Å². The topological polar surface area (TPSA) is 44.4 Å². The van der Waals surface area contributed by atoms with Crippen LogP contribution in [0.3, 0.4) is 0 Å². The van der Waals surface area contributed by atoms with E-state index in [2.05, 4.69) is 33.7 Å². The number of carbonyl (C=O) groups is 1. The van der Waals surface area contributed by atoms with E-state index in [0.717, 1.165) is 50.1 Å². The van der Waals surface area contributed by atoms with Crippen molar-refractivity contribution < 1.29 is 4.79 Å². The highest BCUT2D eigenvalue weighted by atomic mass is 35.5. The summed E-state index contributed by atoms with van der Waals surface area (Å²) in [5.74, 6) is 0.0606. The summed E-state index contributed by atoms with van der Waals surface area (Å²) in [6.45, 7) is 3.95. The molecule has 0 spiro atoms. The first kappa shape index (κ1) is 18.8. The van der Waals surface area contributed by atoms with E-state index in [1.807, 2.05) is 18.2 Å². The molecule has 2 aromatic rings. The molecule has 2 aliphatic rings. The molecule has 2 aromatic carbocycles. The Balaban J connectivity index is 1.62. The van der Waals surface area contributed by atoms with Gasteiger partial charge in [0.15, 0.2) is 0 Å². The third-order valence-corrected chi connectivity index (χ3v) is 6.06. The quantitative estimate of drug-likeness (QED) is 0.822. The smallest absolute Gasteiger partial charge is 0.245 e. The number of aryl methyl sites for hydroxylation is 1. The number of hydrogen-bond donors (Lipinski definition) is 2. The van der Waals surface area contributed by atoms with E-state index >= 15 is 0 Å². The molecule has 1 heterocycles. The summed E-state index contributed by atoms with van der Waals surface area (Å²) >= 11 is 12.2. The minimum atomic E-state index is -0.596. The Morgan fingerprint density at radius 2 is 1.81 bits per heavy atom. The van der Waals surface area contributed by atoms with Crippen LogP contribution in [-0.2, 0) is 23.3 Å². The van der Waals surface area contributed by atoms with Crippen LogP contribution in [0.4, 0.5) is 0 Å². The molecule has 27 heavy (non-hydrogen) atoms. The van der Waals surface area contributed by atoms with Gasteiger partial charge in [-0.2, -0.15) is 0 Å². The summed E-state index contributed by atoms with van der Waals surface area (Å²) in [7, 11) is 0. The first-order chi connectivity index (χ1) is 13.1. The molecular weight excluding hydrogens is 381 g/mol. The van der Waals surface area contributed by atoms with Crippen LogP contribution in [0.5, 0.6) is 0 Å². The number of benzene rings is 2. The van der Waals surface area contributed by atoms with E-state index in [4.69, 9.17) is 23.2 Å². The van der Waals surface area contributed by atoms with E-state index in [0.29, 0.717) is 16.6 Å². The molecule has 1 aliphatic heterocycles. The molecule has 1 amide bonds. The molecule has 0 unspecified atom stereocenters. The van der Waals surface area contributed by atoms with Crippen molar-refractivity contribution in [2.24, 2.45) is 0 Å². The minimum Gasteiger partial charge on any atom is -0.350 e. The summed E-state index contributed by atoms with van der Waals surface area (Å²) in [6, 6.07) is 13.7. The highest BCUT2D eigenvalue weighted by Crippen LogP contribution is 2.42. The normalized spacial score (nSPS) is 22.4. The van der Waals surface area contributed by atoms with Gasteiger partial charge in [0.2, 0.25) is 5.91 Å². The molecule has 4 nitrogen and oxygen atoms in total. The maximum absolute atomic E-state index is 13.5. The lowest BCUT2D eigenvalue weighted by molar-refractivity contribution is -0.135. The van der Waals surface area contributed by atoms with Crippen molar-refractivity contribution >= 4 is 29.1 Å². The zero-order chi connectivity index (χ0) is 18.9. The summed E-state index contributed by atoms with van der Waals surface area (Å²) in [5, 5.41) is 7.70. The molecule has 6 heteroatoms. The van der Waals surface area contributed by atoms with Gasteiger partial charge in [0.25, 0.3) is 0 Å². The Labute approximate surface area is 169 Å². The molecule has 1 fully saturated rings. The predicted molar refractivity (Wildman–Crippen MR) is 109 cm³/mol. The van der Waals surface area contributed by atoms with Crippen LogP contribution in [-0.4, -0.2) is 37.0 Å². The lowest BCUT2D eigenvalue weighted by Crippen LogP contribution is -2.60. The molecule has 1 aliphatic carbocycles. The fourth-order valence-corrected chi connectivity index (χ4v) is 4.96. The fraction of sp³-hybridized carbons (Fsp3) is 0.381. The van der Waals surface area contributed by atoms with Crippen LogP contribution in [0, 0.1) is 0 Å². The molecule has 2 N–H and O–H groups in total. The van der Waals surface area contributed by atoms with Gasteiger partial charge in [-0.05, 0) is 47.7 Å². The highest BCUT2D eigenvalue weighted by Gasteiger charge is 2.49. The van der Waals surface area contributed by atoms with Gasteiger partial charge in [-0.25, -0.2) is 0 Å². The second-order valence-electron chi connectivity index (χ2n) is 7.21. The maximum atomic E-state index is 13.5. The summed E-state index contributed by atoms with van der Waals surface area (Å²) in [5.41, 5.74) is 2.73. The standard InChI is InChI=1S/C21H23Cl2N3O/c22-17-11-15(12-18(23)13-17)14-25-20(27)21(26-9-7-24-8-10-26)6-5-16-3-1-2-4-19(16)21/h1-4,11-13,24H,5-10,14H2,(H,25,27)/t21-/m0/s1. The molecule has 4 rings (SSSR count). The summed E-state index contributed by atoms with van der Waals surface area (Å²) in [4.78, 5) is 15.9. The number of nitrogens with zero attached hydrogens (tertiary/aromatic N) is 1. The Morgan fingerprint density at radius 1 is 1.11 bits per heavy atom. The van der Waals surface area contributed by atoms with Crippen molar-refractivity contribution in [2.45, 2.75) is 24.9 Å². The van der Waals surface area contributed by atoms with Gasteiger partial charge in [0.1, 0.15) is 5.54 Å². The molecule has 0 saturated carbocycles. The molecular formula is C21H23Cl2N3O. The average Bonchev–Trinajstić information content (AvgIpc) is 3.07. The lowest BCUT2D eigenvalue weighted by Gasteiger charge is -2.43. The zero-order valence-electron chi connectivity index (χ0n) is 15.1. The van der Waals surface area contributed by atoms with E-state index in [1.54, 1.807) is 6.07 Å². The van der Waals surface area contributed by atoms with Gasteiger partial charge in [-0.1, -0.05) is 47.5 Å². The van der Waals surface area contributed by atoms with Crippen LogP contribution in [0.15, 0.2) is 42.5 Å². The second-order valence-corrected chi connectivity index (χ2v) is 8.09. The molecule has 0 bridgehead atoms. The van der Waals surface area contributed by atoms with Crippen molar-refractivity contribution in [3.63, 3.8) is 0 Å². The van der Waals surface area contributed by atoms with Gasteiger partial charge in [-0.15, -0.1) is 0 Å². The second kappa shape index (κ2) is 7.80. The Bertz CT molecular complexity index is 831. The molecule has 1 saturated heterocycles. The monoisotopic (exact) mass is 403 g/mol. The van der Waals surface area contributed by atoms with Crippen LogP contribution in [0.1, 0.15) is 23.1 Å². The largest absolute Gasteiger partial charge is 0.350 e. The molecule has 0 aromatic heterocycles. The minimum absolute atomic E-state index is 0.0606. The zero-order valence-corrected chi connectivity index (χ0v) is 16.6. The van der Waals surface area contributed by atoms with Crippen molar-refractivity contribution in [1.29, 1.82) is 0 Å². The number of amides is 1. The number of fused-ring (bicyclic) bond motifs is 1. The highest BCUT2D eigenvalue weighted by molar-refractivity contribution is 6.34. The van der Waals surface area contributed by atoms with E-state index < -0.39 is 5.54 Å². The number of nitrogens with one attached hydrogen (secondary N) is 2. The van der Waals surface area contributed by atoms with Gasteiger partial charge in [0.05, 0.1) is 0 Å². The van der Waals surface area contributed by atoms with Crippen molar-refractivity contribution in [1.82, 2.24) is 15.5 Å². The number of hydrogen-bond acceptors (Lipinski definition) is 3. The van der Waals surface area contributed by atoms with E-state index in [9.17, 15) is 4.79 Å². The maximum Gasteiger partial charge on any atom is 0.245 e. The van der Waals surface area contributed by atoms with E-state index in [-0.39, 0.29) is 5.91 Å². The third-order valence-electron chi connectivity index (χ3n) is 5.63. The van der Waals surface area contributed by atoms with Crippen molar-refractivity contribution in [3.05, 3.63) is 69.2 Å². The number of rotatable bonds is 4. The molecule has 142 valence electrons. The number of halogens is 2. The third kappa shape index (κ3) is 3.59. The lowest BCUT2D eigenvalue weighted by atomic mass is 9.87. The number of carbonyl (C=O) groups excluding carboxylic acids is 1. The predicted octanol–water partition coefficient (Wildman–Crippen LogP) is 3.36. The van der Waals surface area contributed by atoms with Gasteiger partial charge < -0.3 is 10.6 Å². The average molecular weight is 404 g/mol. The van der Waals surface area contributed by atoms with Crippen molar-refractivity contribution in [3.8, 4) is 0 Å². The Morgan fingerprint density at radius 3 is 2.56 bits per heavy atom. The van der Waals surface area contributed by atoms with Crippen LogP contribution in [0.2, 0.25) is 10.0 Å². The van der Waals surface area contributed by atoms with Crippen molar-refractivity contribution in [2.75, 3.05) is 26.2 Å². The number of piperazine rings is 1. The first-order valence-corrected chi connectivity index (χ1v) is 10.1. The Kier molecular flexibility index (Phi) is 5.42. The van der Waals surface area contributed by atoms with Gasteiger partial charge in [-0.3, -0.25) is 9.69 Å². The van der Waals surface area contributed by atoms with Gasteiger partial charge in [0, 0.05) is 42.8 Å². The SMILES string of the molecule is O=C(NCc1cc(Cl)cc(Cl)c1)[C@]1(N2CCNCC2)CCc2ccccc21. The van der Waals surface area contributed by atoms with E-state index in [1.165, 1.54) is 5.56 Å². The van der Waals surface area contributed by atoms with Gasteiger partial charge >= 0.3 is 0 Å². The van der Waals surface area contributed by atoms with Crippen LogP contribution >= 0.6 is 23.2 Å². The Hall–Kier alpha value is -1.59. The summed E-state index contributed by atoms with van der Waals surface area (Å²) in [6.07, 6.45) is 1.74. The first-order valence-electron chi connectivity index (χ1n) is 9.37.